The highest BCUT2D eigenvalue weighted by atomic mass is 35.5. The van der Waals surface area contributed by atoms with Crippen LogP contribution in [0.1, 0.15) is 33.6 Å². The molecule has 0 bridgehead atoms. The van der Waals surface area contributed by atoms with E-state index >= 15 is 0 Å². The molecule has 0 saturated carbocycles. The molecule has 0 radical (unpaired) electrons. The van der Waals surface area contributed by atoms with Crippen LogP contribution in [0.3, 0.4) is 0 Å². The first-order valence-electron chi connectivity index (χ1n) is 6.47. The number of nitrogens with one attached hydrogen (secondary N) is 1. The highest BCUT2D eigenvalue weighted by Gasteiger charge is 2.17. The van der Waals surface area contributed by atoms with E-state index in [1.165, 1.54) is 12.8 Å². The van der Waals surface area contributed by atoms with E-state index in [0.717, 1.165) is 31.4 Å². The Hall–Kier alpha value is -1.03. The number of aromatic nitrogens is 2. The summed E-state index contributed by atoms with van der Waals surface area (Å²) in [7, 11) is 0. The molecule has 0 spiro atoms. The first-order chi connectivity index (χ1) is 8.44. The summed E-state index contributed by atoms with van der Waals surface area (Å²) < 4.78 is 0. The van der Waals surface area contributed by atoms with Gasteiger partial charge in [-0.25, -0.2) is 4.98 Å². The minimum absolute atomic E-state index is 0.214. The molecule has 1 N–H and O–H groups in total. The fourth-order valence-corrected chi connectivity index (χ4v) is 2.09. The predicted molar refractivity (Wildman–Crippen MR) is 76.4 cm³/mol. The third-order valence-corrected chi connectivity index (χ3v) is 3.07. The molecule has 0 unspecified atom stereocenters. The molecule has 0 aromatic carbocycles. The average Bonchev–Trinajstić information content (AvgIpc) is 2.78. The molecule has 0 atom stereocenters. The Balaban J connectivity index is 2.10. The van der Waals surface area contributed by atoms with Crippen molar-refractivity contribution in [2.45, 2.75) is 33.6 Å². The van der Waals surface area contributed by atoms with Gasteiger partial charge >= 0.3 is 0 Å². The van der Waals surface area contributed by atoms with Gasteiger partial charge in [0.2, 0.25) is 5.95 Å². The van der Waals surface area contributed by atoms with Crippen LogP contribution < -0.4 is 10.2 Å². The molecule has 2 heterocycles. The summed E-state index contributed by atoms with van der Waals surface area (Å²) in [6, 6.07) is 1.78. The van der Waals surface area contributed by atoms with Crippen LogP contribution in [0.2, 0.25) is 5.15 Å². The Morgan fingerprint density at radius 3 is 2.56 bits per heavy atom. The van der Waals surface area contributed by atoms with Gasteiger partial charge in [0.25, 0.3) is 0 Å². The van der Waals surface area contributed by atoms with Crippen molar-refractivity contribution in [3.63, 3.8) is 0 Å². The minimum atomic E-state index is 0.214. The van der Waals surface area contributed by atoms with Crippen LogP contribution >= 0.6 is 11.6 Å². The van der Waals surface area contributed by atoms with Gasteiger partial charge in [0.1, 0.15) is 11.0 Å². The summed E-state index contributed by atoms with van der Waals surface area (Å²) in [5, 5.41) is 3.83. The largest absolute Gasteiger partial charge is 0.369 e. The van der Waals surface area contributed by atoms with Gasteiger partial charge in [-0.05, 0) is 18.3 Å². The highest BCUT2D eigenvalue weighted by molar-refractivity contribution is 6.29. The summed E-state index contributed by atoms with van der Waals surface area (Å²) in [5.74, 6) is 1.56. The lowest BCUT2D eigenvalue weighted by Crippen LogP contribution is -2.23. The molecule has 1 saturated heterocycles. The first kappa shape index (κ1) is 13.4. The average molecular weight is 269 g/mol. The number of rotatable bonds is 3. The molecule has 1 aromatic rings. The maximum atomic E-state index is 6.06. The zero-order valence-corrected chi connectivity index (χ0v) is 12.1. The number of hydrogen-bond donors (Lipinski definition) is 1. The molecule has 1 fully saturated rings. The van der Waals surface area contributed by atoms with Crippen molar-refractivity contribution in [1.29, 1.82) is 0 Å². The predicted octanol–water partition coefficient (Wildman–Crippen LogP) is 3.19. The topological polar surface area (TPSA) is 41.1 Å². The van der Waals surface area contributed by atoms with E-state index in [-0.39, 0.29) is 5.41 Å². The fraction of sp³-hybridized carbons (Fsp3) is 0.692. The number of anilines is 2. The summed E-state index contributed by atoms with van der Waals surface area (Å²) in [5.41, 5.74) is 0.214. The van der Waals surface area contributed by atoms with Crippen LogP contribution in [0.5, 0.6) is 0 Å². The third-order valence-electron chi connectivity index (χ3n) is 2.87. The van der Waals surface area contributed by atoms with Crippen LogP contribution in [-0.2, 0) is 0 Å². The van der Waals surface area contributed by atoms with Gasteiger partial charge in [-0.1, -0.05) is 32.4 Å². The van der Waals surface area contributed by atoms with Gasteiger partial charge < -0.3 is 10.2 Å². The molecule has 5 heteroatoms. The molecule has 18 heavy (non-hydrogen) atoms. The molecule has 2 rings (SSSR count). The van der Waals surface area contributed by atoms with Crippen molar-refractivity contribution in [1.82, 2.24) is 9.97 Å². The maximum absolute atomic E-state index is 6.06. The van der Waals surface area contributed by atoms with Crippen molar-refractivity contribution in [2.75, 3.05) is 29.9 Å². The molecule has 1 aliphatic rings. The summed E-state index contributed by atoms with van der Waals surface area (Å²) in [4.78, 5) is 11.0. The number of halogens is 1. The SMILES string of the molecule is CC(C)(C)CNc1cc(Cl)nc(N2CCCC2)n1. The third kappa shape index (κ3) is 3.73. The monoisotopic (exact) mass is 268 g/mol. The van der Waals surface area contributed by atoms with Crippen LogP contribution in [0.15, 0.2) is 6.07 Å². The molecular formula is C13H21ClN4. The second-order valence-electron chi connectivity index (χ2n) is 5.98. The van der Waals surface area contributed by atoms with Crippen LogP contribution in [0.4, 0.5) is 11.8 Å². The Kier molecular flexibility index (Phi) is 3.95. The van der Waals surface area contributed by atoms with Crippen molar-refractivity contribution in [2.24, 2.45) is 5.41 Å². The lowest BCUT2D eigenvalue weighted by Gasteiger charge is -2.20. The zero-order chi connectivity index (χ0) is 13.2. The minimum Gasteiger partial charge on any atom is -0.369 e. The lowest BCUT2D eigenvalue weighted by molar-refractivity contribution is 0.442. The normalized spacial score (nSPS) is 16.1. The second kappa shape index (κ2) is 5.31. The molecule has 100 valence electrons. The van der Waals surface area contributed by atoms with Gasteiger partial charge in [0, 0.05) is 25.7 Å². The molecule has 0 amide bonds. The Labute approximate surface area is 114 Å². The van der Waals surface area contributed by atoms with E-state index in [1.54, 1.807) is 6.07 Å². The smallest absolute Gasteiger partial charge is 0.228 e. The van der Waals surface area contributed by atoms with E-state index in [2.05, 4.69) is 41.0 Å². The lowest BCUT2D eigenvalue weighted by atomic mass is 9.97. The van der Waals surface area contributed by atoms with Gasteiger partial charge in [0.05, 0.1) is 0 Å². The van der Waals surface area contributed by atoms with Gasteiger partial charge in [-0.2, -0.15) is 4.98 Å². The standard InChI is InChI=1S/C13H21ClN4/c1-13(2,3)9-15-11-8-10(14)16-12(17-11)18-6-4-5-7-18/h8H,4-7,9H2,1-3H3,(H,15,16,17). The molecular weight excluding hydrogens is 248 g/mol. The van der Waals surface area contributed by atoms with Crippen molar-refractivity contribution in [3.8, 4) is 0 Å². The second-order valence-corrected chi connectivity index (χ2v) is 6.37. The number of nitrogens with zero attached hydrogens (tertiary/aromatic N) is 3. The van der Waals surface area contributed by atoms with E-state index in [4.69, 9.17) is 11.6 Å². The highest BCUT2D eigenvalue weighted by Crippen LogP contribution is 2.22. The quantitative estimate of drug-likeness (QED) is 0.855. The maximum Gasteiger partial charge on any atom is 0.228 e. The van der Waals surface area contributed by atoms with Crippen molar-refractivity contribution in [3.05, 3.63) is 11.2 Å². The molecule has 4 nitrogen and oxygen atoms in total. The van der Waals surface area contributed by atoms with E-state index in [9.17, 15) is 0 Å². The molecule has 0 aliphatic carbocycles. The fourth-order valence-electron chi connectivity index (χ4n) is 1.91. The van der Waals surface area contributed by atoms with Gasteiger partial charge in [0.15, 0.2) is 0 Å². The van der Waals surface area contributed by atoms with Gasteiger partial charge in [-0.15, -0.1) is 0 Å². The van der Waals surface area contributed by atoms with Crippen molar-refractivity contribution >= 4 is 23.4 Å². The van der Waals surface area contributed by atoms with E-state index in [1.807, 2.05) is 0 Å². The van der Waals surface area contributed by atoms with E-state index in [0.29, 0.717) is 5.15 Å². The summed E-state index contributed by atoms with van der Waals surface area (Å²) in [6.45, 7) is 9.47. The van der Waals surface area contributed by atoms with E-state index < -0.39 is 0 Å². The Bertz CT molecular complexity index is 408. The first-order valence-corrected chi connectivity index (χ1v) is 6.85. The Morgan fingerprint density at radius 1 is 1.28 bits per heavy atom. The molecule has 1 aromatic heterocycles. The van der Waals surface area contributed by atoms with Crippen LogP contribution in [-0.4, -0.2) is 29.6 Å². The number of hydrogen-bond acceptors (Lipinski definition) is 4. The van der Waals surface area contributed by atoms with Crippen LogP contribution in [0.25, 0.3) is 0 Å². The summed E-state index contributed by atoms with van der Waals surface area (Å²) in [6.07, 6.45) is 2.42. The zero-order valence-electron chi connectivity index (χ0n) is 11.3. The van der Waals surface area contributed by atoms with Gasteiger partial charge in [-0.3, -0.25) is 0 Å². The van der Waals surface area contributed by atoms with Crippen LogP contribution in [0, 0.1) is 5.41 Å². The molecule has 1 aliphatic heterocycles. The Morgan fingerprint density at radius 2 is 1.94 bits per heavy atom. The van der Waals surface area contributed by atoms with Crippen molar-refractivity contribution < 1.29 is 0 Å². The summed E-state index contributed by atoms with van der Waals surface area (Å²) >= 11 is 6.06.